The topological polar surface area (TPSA) is 122 Å². The second-order valence-electron chi connectivity index (χ2n) is 7.77. The second kappa shape index (κ2) is 8.96. The highest BCUT2D eigenvalue weighted by molar-refractivity contribution is 6.15. The Morgan fingerprint density at radius 2 is 1.50 bits per heavy atom. The van der Waals surface area contributed by atoms with Crippen LogP contribution in [0.25, 0.3) is 11.1 Å². The van der Waals surface area contributed by atoms with E-state index in [1.807, 2.05) is 14.1 Å². The van der Waals surface area contributed by atoms with Gasteiger partial charge in [-0.15, -0.1) is 0 Å². The van der Waals surface area contributed by atoms with Crippen molar-refractivity contribution in [2.45, 2.75) is 25.7 Å². The molecule has 1 saturated heterocycles. The van der Waals surface area contributed by atoms with E-state index >= 15 is 0 Å². The summed E-state index contributed by atoms with van der Waals surface area (Å²) in [6.07, 6.45) is 2.05. The summed E-state index contributed by atoms with van der Waals surface area (Å²) in [4.78, 5) is 40.1. The Labute approximate surface area is 175 Å². The number of likely N-dealkylation sites (N-methyl/N-ethyl adjacent to an activating group) is 1. The third-order valence-electron chi connectivity index (χ3n) is 4.76. The average molecular weight is 409 g/mol. The lowest BCUT2D eigenvalue weighted by Gasteiger charge is -2.20. The lowest BCUT2D eigenvalue weighted by molar-refractivity contribution is -0.125. The van der Waals surface area contributed by atoms with Gasteiger partial charge >= 0.3 is 0 Å². The number of anilines is 4. The molecule has 1 aliphatic rings. The highest BCUT2D eigenvalue weighted by atomic mass is 16.2. The van der Waals surface area contributed by atoms with Crippen LogP contribution >= 0.6 is 0 Å². The van der Waals surface area contributed by atoms with Crippen molar-refractivity contribution in [3.8, 4) is 11.1 Å². The highest BCUT2D eigenvalue weighted by Crippen LogP contribution is 2.32. The van der Waals surface area contributed by atoms with Crippen molar-refractivity contribution in [3.05, 3.63) is 36.4 Å². The molecule has 3 rings (SSSR count). The summed E-state index contributed by atoms with van der Waals surface area (Å²) < 4.78 is 0. The Balaban J connectivity index is 1.97. The number of carbonyl (C=O) groups excluding carboxylic acids is 3. The van der Waals surface area contributed by atoms with Crippen LogP contribution in [0, 0.1) is 0 Å². The number of hydrogen-bond donors (Lipinski definition) is 3. The molecule has 5 N–H and O–H groups in total. The summed E-state index contributed by atoms with van der Waals surface area (Å²) in [6, 6.07) is 10.3. The molecule has 0 bridgehead atoms. The first-order chi connectivity index (χ1) is 14.2. The van der Waals surface area contributed by atoms with Crippen molar-refractivity contribution in [2.75, 3.05) is 42.3 Å². The molecule has 30 heavy (non-hydrogen) atoms. The van der Waals surface area contributed by atoms with Crippen LogP contribution < -0.4 is 21.7 Å². The van der Waals surface area contributed by atoms with E-state index in [-0.39, 0.29) is 24.3 Å². The van der Waals surface area contributed by atoms with Gasteiger partial charge in [-0.25, -0.2) is 0 Å². The summed E-state index contributed by atoms with van der Waals surface area (Å²) in [5.74, 6) is -0.609. The first-order valence-electron chi connectivity index (χ1n) is 9.85. The predicted molar refractivity (Wildman–Crippen MR) is 119 cm³/mol. The molecule has 8 nitrogen and oxygen atoms in total. The van der Waals surface area contributed by atoms with Gasteiger partial charge < -0.3 is 21.7 Å². The normalized spacial score (nSPS) is 14.7. The molecule has 0 unspecified atom stereocenters. The van der Waals surface area contributed by atoms with Gasteiger partial charge in [0.05, 0.1) is 12.2 Å². The van der Waals surface area contributed by atoms with Crippen LogP contribution in [0.2, 0.25) is 0 Å². The van der Waals surface area contributed by atoms with Crippen LogP contribution in [0.15, 0.2) is 36.4 Å². The Morgan fingerprint density at radius 3 is 2.10 bits per heavy atom. The van der Waals surface area contributed by atoms with Crippen molar-refractivity contribution >= 4 is 40.5 Å². The predicted octanol–water partition coefficient (Wildman–Crippen LogP) is 2.45. The maximum Gasteiger partial charge on any atom is 0.238 e. The van der Waals surface area contributed by atoms with Gasteiger partial charge in [-0.3, -0.25) is 19.3 Å². The zero-order valence-corrected chi connectivity index (χ0v) is 17.3. The number of rotatable bonds is 5. The third kappa shape index (κ3) is 5.15. The first-order valence-corrected chi connectivity index (χ1v) is 9.85. The Kier molecular flexibility index (Phi) is 6.37. The van der Waals surface area contributed by atoms with E-state index in [0.29, 0.717) is 54.0 Å². The van der Waals surface area contributed by atoms with Crippen molar-refractivity contribution in [1.82, 2.24) is 4.90 Å². The standard InChI is InChI=1S/C22H27N5O3/c1-26(2)13-20(28)25-18-9-14(7-16(23)11-18)15-8-17(24)12-19(10-15)27-21(29)5-3-4-6-22(27)30/h7-12H,3-6,13,23-24H2,1-2H3,(H,25,28). The molecular formula is C22H27N5O3. The third-order valence-corrected chi connectivity index (χ3v) is 4.76. The molecular weight excluding hydrogens is 382 g/mol. The van der Waals surface area contributed by atoms with Crippen molar-refractivity contribution < 1.29 is 14.4 Å². The van der Waals surface area contributed by atoms with Crippen molar-refractivity contribution in [1.29, 1.82) is 0 Å². The van der Waals surface area contributed by atoms with Crippen LogP contribution in [0.3, 0.4) is 0 Å². The molecule has 158 valence electrons. The summed E-state index contributed by atoms with van der Waals surface area (Å²) in [5.41, 5.74) is 15.5. The van der Waals surface area contributed by atoms with Gasteiger partial charge in [0.25, 0.3) is 0 Å². The monoisotopic (exact) mass is 409 g/mol. The summed E-state index contributed by atoms with van der Waals surface area (Å²) >= 11 is 0. The van der Waals surface area contributed by atoms with E-state index in [9.17, 15) is 14.4 Å². The molecule has 1 aliphatic heterocycles. The highest BCUT2D eigenvalue weighted by Gasteiger charge is 2.26. The lowest BCUT2D eigenvalue weighted by atomic mass is 10.0. The van der Waals surface area contributed by atoms with Crippen LogP contribution in [-0.4, -0.2) is 43.3 Å². The minimum Gasteiger partial charge on any atom is -0.399 e. The molecule has 8 heteroatoms. The molecule has 1 heterocycles. The molecule has 0 saturated carbocycles. The van der Waals surface area contributed by atoms with Gasteiger partial charge in [0.1, 0.15) is 0 Å². The van der Waals surface area contributed by atoms with E-state index in [4.69, 9.17) is 11.5 Å². The van der Waals surface area contributed by atoms with Crippen LogP contribution in [0.1, 0.15) is 25.7 Å². The van der Waals surface area contributed by atoms with E-state index in [0.717, 1.165) is 5.56 Å². The van der Waals surface area contributed by atoms with Gasteiger partial charge in [-0.1, -0.05) is 0 Å². The smallest absolute Gasteiger partial charge is 0.238 e. The number of imide groups is 1. The Bertz CT molecular complexity index is 969. The summed E-state index contributed by atoms with van der Waals surface area (Å²) in [7, 11) is 3.62. The maximum absolute atomic E-state index is 12.5. The minimum absolute atomic E-state index is 0.162. The molecule has 0 radical (unpaired) electrons. The number of nitrogens with zero attached hydrogens (tertiary/aromatic N) is 2. The second-order valence-corrected chi connectivity index (χ2v) is 7.77. The molecule has 0 atom stereocenters. The number of nitrogens with two attached hydrogens (primary N) is 2. The number of nitrogen functional groups attached to an aromatic ring is 2. The van der Waals surface area contributed by atoms with E-state index in [1.165, 1.54) is 4.90 Å². The number of benzene rings is 2. The van der Waals surface area contributed by atoms with Crippen molar-refractivity contribution in [2.24, 2.45) is 0 Å². The first kappa shape index (κ1) is 21.3. The van der Waals surface area contributed by atoms with Crippen LogP contribution in [0.5, 0.6) is 0 Å². The lowest BCUT2D eigenvalue weighted by Crippen LogP contribution is -2.35. The minimum atomic E-state index is -0.224. The fraction of sp³-hybridized carbons (Fsp3) is 0.318. The molecule has 0 aliphatic carbocycles. The van der Waals surface area contributed by atoms with E-state index in [2.05, 4.69) is 5.32 Å². The number of carbonyl (C=O) groups is 3. The Morgan fingerprint density at radius 1 is 0.933 bits per heavy atom. The summed E-state index contributed by atoms with van der Waals surface area (Å²) in [6.45, 7) is 0.242. The van der Waals surface area contributed by atoms with Crippen molar-refractivity contribution in [3.63, 3.8) is 0 Å². The number of amides is 3. The molecule has 2 aromatic carbocycles. The summed E-state index contributed by atoms with van der Waals surface area (Å²) in [5, 5.41) is 2.83. The van der Waals surface area contributed by atoms with Crippen LogP contribution in [0.4, 0.5) is 22.7 Å². The fourth-order valence-corrected chi connectivity index (χ4v) is 3.51. The largest absolute Gasteiger partial charge is 0.399 e. The van der Waals surface area contributed by atoms with Gasteiger partial charge in [0, 0.05) is 29.9 Å². The number of hydrogen-bond acceptors (Lipinski definition) is 6. The SMILES string of the molecule is CN(C)CC(=O)Nc1cc(N)cc(-c2cc(N)cc(N3C(=O)CCCCC3=O)c2)c1. The molecule has 0 aromatic heterocycles. The molecule has 3 amide bonds. The average Bonchev–Trinajstić information content (AvgIpc) is 2.80. The van der Waals surface area contributed by atoms with Gasteiger partial charge in [0.2, 0.25) is 17.7 Å². The van der Waals surface area contributed by atoms with Crippen LogP contribution in [-0.2, 0) is 14.4 Å². The molecule has 1 fully saturated rings. The number of nitrogens with one attached hydrogen (secondary N) is 1. The maximum atomic E-state index is 12.5. The molecule has 2 aromatic rings. The van der Waals surface area contributed by atoms with E-state index in [1.54, 1.807) is 41.3 Å². The zero-order valence-electron chi connectivity index (χ0n) is 17.3. The zero-order chi connectivity index (χ0) is 21.8. The van der Waals surface area contributed by atoms with Gasteiger partial charge in [-0.05, 0) is 74.5 Å². The van der Waals surface area contributed by atoms with Gasteiger partial charge in [-0.2, -0.15) is 0 Å². The fourth-order valence-electron chi connectivity index (χ4n) is 3.51. The van der Waals surface area contributed by atoms with E-state index < -0.39 is 0 Å². The van der Waals surface area contributed by atoms with Gasteiger partial charge in [0.15, 0.2) is 0 Å². The quantitative estimate of drug-likeness (QED) is 0.515. The molecule has 0 spiro atoms. The Hall–Kier alpha value is -3.39.